The molecule has 17 heavy (non-hydrogen) atoms. The van der Waals surface area contributed by atoms with Crippen LogP contribution in [0.25, 0.3) is 16.8 Å². The van der Waals surface area contributed by atoms with Crippen molar-refractivity contribution in [3.8, 4) is 11.3 Å². The molecule has 1 aromatic carbocycles. The Balaban J connectivity index is 2.32. The minimum absolute atomic E-state index is 0.986. The monoisotopic (exact) mass is 286 g/mol. The summed E-state index contributed by atoms with van der Waals surface area (Å²) in [6, 6.07) is 16.4. The van der Waals surface area contributed by atoms with Crippen molar-refractivity contribution >= 4 is 21.4 Å². The topological polar surface area (TPSA) is 17.3 Å². The number of rotatable bonds is 1. The third-order valence-corrected chi connectivity index (χ3v) is 3.62. The largest absolute Gasteiger partial charge is 0.236 e. The molecule has 0 spiro atoms. The van der Waals surface area contributed by atoms with Crippen molar-refractivity contribution in [2.45, 2.75) is 6.92 Å². The number of aryl methyl sites for hydroxylation is 1. The summed E-state index contributed by atoms with van der Waals surface area (Å²) < 4.78 is 3.01. The summed E-state index contributed by atoms with van der Waals surface area (Å²) in [5.74, 6) is 0. The molecule has 0 aliphatic carbocycles. The van der Waals surface area contributed by atoms with Crippen molar-refractivity contribution in [3.05, 3.63) is 58.7 Å². The number of nitrogens with zero attached hydrogens (tertiary/aromatic N) is 2. The quantitative estimate of drug-likeness (QED) is 0.659. The molecular formula is C14H11BrN2. The molecular weight excluding hydrogens is 276 g/mol. The van der Waals surface area contributed by atoms with Crippen LogP contribution in [-0.4, -0.2) is 9.61 Å². The van der Waals surface area contributed by atoms with Gasteiger partial charge in [0.15, 0.2) is 0 Å². The second-order valence-corrected chi connectivity index (χ2v) is 4.79. The second kappa shape index (κ2) is 4.00. The molecule has 0 aliphatic rings. The average molecular weight is 287 g/mol. The fourth-order valence-electron chi connectivity index (χ4n) is 1.95. The highest BCUT2D eigenvalue weighted by Gasteiger charge is 2.12. The molecule has 0 amide bonds. The Morgan fingerprint density at radius 3 is 2.47 bits per heavy atom. The van der Waals surface area contributed by atoms with Gasteiger partial charge in [-0.05, 0) is 35.0 Å². The van der Waals surface area contributed by atoms with Crippen molar-refractivity contribution in [2.24, 2.45) is 0 Å². The maximum atomic E-state index is 4.65. The van der Waals surface area contributed by atoms with Gasteiger partial charge < -0.3 is 0 Å². The van der Waals surface area contributed by atoms with Gasteiger partial charge in [-0.15, -0.1) is 0 Å². The van der Waals surface area contributed by atoms with Crippen LogP contribution in [-0.2, 0) is 0 Å². The first-order valence-electron chi connectivity index (χ1n) is 5.46. The molecule has 0 saturated heterocycles. The van der Waals surface area contributed by atoms with Gasteiger partial charge in [-0.1, -0.05) is 36.4 Å². The van der Waals surface area contributed by atoms with Gasteiger partial charge in [0.1, 0.15) is 5.69 Å². The van der Waals surface area contributed by atoms with E-state index in [-0.39, 0.29) is 0 Å². The summed E-state index contributed by atoms with van der Waals surface area (Å²) in [7, 11) is 0. The van der Waals surface area contributed by atoms with Gasteiger partial charge in [0.05, 0.1) is 9.99 Å². The molecule has 0 aliphatic heterocycles. The van der Waals surface area contributed by atoms with Crippen molar-refractivity contribution in [1.29, 1.82) is 0 Å². The zero-order valence-corrected chi connectivity index (χ0v) is 11.0. The van der Waals surface area contributed by atoms with Gasteiger partial charge in [0, 0.05) is 11.3 Å². The summed E-state index contributed by atoms with van der Waals surface area (Å²) in [5, 5.41) is 4.65. The van der Waals surface area contributed by atoms with E-state index < -0.39 is 0 Å². The van der Waals surface area contributed by atoms with E-state index >= 15 is 0 Å². The minimum atomic E-state index is 0.986. The third-order valence-electron chi connectivity index (χ3n) is 2.83. The van der Waals surface area contributed by atoms with E-state index in [0.29, 0.717) is 0 Å². The molecule has 0 saturated carbocycles. The van der Waals surface area contributed by atoms with E-state index in [1.807, 2.05) is 28.8 Å². The first kappa shape index (κ1) is 10.5. The Morgan fingerprint density at radius 2 is 1.76 bits per heavy atom. The highest BCUT2D eigenvalue weighted by Crippen LogP contribution is 2.31. The molecule has 2 aromatic heterocycles. The molecule has 3 heteroatoms. The van der Waals surface area contributed by atoms with Crippen LogP contribution < -0.4 is 0 Å². The maximum Gasteiger partial charge on any atom is 0.108 e. The van der Waals surface area contributed by atoms with E-state index in [1.54, 1.807) is 0 Å². The summed E-state index contributed by atoms with van der Waals surface area (Å²) in [4.78, 5) is 0. The summed E-state index contributed by atoms with van der Waals surface area (Å²) >= 11 is 3.64. The second-order valence-electron chi connectivity index (χ2n) is 3.99. The van der Waals surface area contributed by atoms with Gasteiger partial charge >= 0.3 is 0 Å². The van der Waals surface area contributed by atoms with Gasteiger partial charge in [-0.3, -0.25) is 0 Å². The molecule has 0 unspecified atom stereocenters. The van der Waals surface area contributed by atoms with E-state index in [1.165, 1.54) is 0 Å². The molecule has 0 N–H and O–H groups in total. The van der Waals surface area contributed by atoms with E-state index in [9.17, 15) is 0 Å². The van der Waals surface area contributed by atoms with Crippen LogP contribution in [0.15, 0.2) is 53.0 Å². The molecule has 0 bridgehead atoms. The van der Waals surface area contributed by atoms with Crippen LogP contribution in [0.3, 0.4) is 0 Å². The minimum Gasteiger partial charge on any atom is -0.236 e. The van der Waals surface area contributed by atoms with E-state index in [4.69, 9.17) is 0 Å². The fraction of sp³-hybridized carbons (Fsp3) is 0.0714. The highest BCUT2D eigenvalue weighted by atomic mass is 79.9. The Labute approximate surface area is 108 Å². The van der Waals surface area contributed by atoms with Crippen molar-refractivity contribution in [1.82, 2.24) is 9.61 Å². The van der Waals surface area contributed by atoms with Crippen molar-refractivity contribution in [2.75, 3.05) is 0 Å². The molecule has 2 heterocycles. The van der Waals surface area contributed by atoms with E-state index in [2.05, 4.69) is 52.2 Å². The van der Waals surface area contributed by atoms with Crippen LogP contribution in [0, 0.1) is 6.92 Å². The Bertz CT molecular complexity index is 671. The lowest BCUT2D eigenvalue weighted by molar-refractivity contribution is 0.918. The SMILES string of the molecule is Cc1cccc2c(Br)c(-c3ccccc3)nn12. The Kier molecular flexibility index (Phi) is 2.48. The molecule has 0 atom stereocenters. The van der Waals surface area contributed by atoms with Crippen molar-refractivity contribution < 1.29 is 0 Å². The van der Waals surface area contributed by atoms with Gasteiger partial charge in [-0.2, -0.15) is 5.10 Å². The van der Waals surface area contributed by atoms with Crippen molar-refractivity contribution in [3.63, 3.8) is 0 Å². The van der Waals surface area contributed by atoms with Crippen LogP contribution in [0.1, 0.15) is 5.69 Å². The number of hydrogen-bond donors (Lipinski definition) is 0. The predicted octanol–water partition coefficient (Wildman–Crippen LogP) is 4.07. The van der Waals surface area contributed by atoms with Gasteiger partial charge in [0.25, 0.3) is 0 Å². The standard InChI is InChI=1S/C14H11BrN2/c1-10-6-5-9-12-13(15)14(16-17(10)12)11-7-3-2-4-8-11/h2-9H,1H3. The van der Waals surface area contributed by atoms with Crippen LogP contribution >= 0.6 is 15.9 Å². The van der Waals surface area contributed by atoms with Gasteiger partial charge in [0.2, 0.25) is 0 Å². The number of fused-ring (bicyclic) bond motifs is 1. The van der Waals surface area contributed by atoms with Crippen LogP contribution in [0.2, 0.25) is 0 Å². The van der Waals surface area contributed by atoms with E-state index in [0.717, 1.165) is 26.9 Å². The molecule has 84 valence electrons. The summed E-state index contributed by atoms with van der Waals surface area (Å²) in [6.45, 7) is 2.06. The lowest BCUT2D eigenvalue weighted by Gasteiger charge is -1.96. The normalized spacial score (nSPS) is 10.9. The van der Waals surface area contributed by atoms with Crippen LogP contribution in [0.5, 0.6) is 0 Å². The van der Waals surface area contributed by atoms with Crippen LogP contribution in [0.4, 0.5) is 0 Å². The summed E-state index contributed by atoms with van der Waals surface area (Å²) in [6.07, 6.45) is 0. The number of pyridine rings is 1. The Morgan fingerprint density at radius 1 is 1.00 bits per heavy atom. The number of halogens is 1. The average Bonchev–Trinajstić information content (AvgIpc) is 2.70. The molecule has 0 radical (unpaired) electrons. The number of benzene rings is 1. The molecule has 3 rings (SSSR count). The van der Waals surface area contributed by atoms with Gasteiger partial charge in [-0.25, -0.2) is 4.52 Å². The third kappa shape index (κ3) is 1.67. The predicted molar refractivity (Wildman–Crippen MR) is 73.1 cm³/mol. The first-order valence-corrected chi connectivity index (χ1v) is 6.26. The number of aromatic nitrogens is 2. The zero-order valence-electron chi connectivity index (χ0n) is 9.39. The fourth-order valence-corrected chi connectivity index (χ4v) is 2.56. The first-order chi connectivity index (χ1) is 8.27. The molecule has 2 nitrogen and oxygen atoms in total. The lowest BCUT2D eigenvalue weighted by Crippen LogP contribution is -1.91. The molecule has 3 aromatic rings. The zero-order chi connectivity index (χ0) is 11.8. The highest BCUT2D eigenvalue weighted by molar-refractivity contribution is 9.10. The molecule has 0 fully saturated rings. The lowest BCUT2D eigenvalue weighted by atomic mass is 10.1. The summed E-state index contributed by atoms with van der Waals surface area (Å²) in [5.41, 5.74) is 4.34. The smallest absolute Gasteiger partial charge is 0.108 e. The Hall–Kier alpha value is -1.61. The maximum absolute atomic E-state index is 4.65. The number of hydrogen-bond acceptors (Lipinski definition) is 1.